The number of imidazole rings is 1. The van der Waals surface area contributed by atoms with Crippen LogP contribution in [0.25, 0.3) is 11.3 Å². The number of aliphatic carboxylic acids is 1. The summed E-state index contributed by atoms with van der Waals surface area (Å²) < 4.78 is 23.0. The van der Waals surface area contributed by atoms with Crippen LogP contribution in [0.2, 0.25) is 0 Å². The highest BCUT2D eigenvalue weighted by atomic mass is 19.1. The van der Waals surface area contributed by atoms with Crippen LogP contribution in [0.15, 0.2) is 42.6 Å². The predicted octanol–water partition coefficient (Wildman–Crippen LogP) is 4.79. The number of ether oxygens (including phenoxy) is 1. The van der Waals surface area contributed by atoms with E-state index in [1.807, 2.05) is 55.1 Å². The summed E-state index contributed by atoms with van der Waals surface area (Å²) in [7, 11) is 1.96. The molecule has 2 aliphatic rings. The van der Waals surface area contributed by atoms with Crippen LogP contribution >= 0.6 is 0 Å². The first-order valence-corrected chi connectivity index (χ1v) is 10.2. The van der Waals surface area contributed by atoms with Crippen molar-refractivity contribution in [1.29, 1.82) is 0 Å². The molecule has 1 aromatic heterocycles. The Balaban J connectivity index is 1.39. The van der Waals surface area contributed by atoms with Gasteiger partial charge < -0.3 is 14.4 Å². The van der Waals surface area contributed by atoms with Gasteiger partial charge in [0.05, 0.1) is 17.8 Å². The molecule has 154 valence electrons. The van der Waals surface area contributed by atoms with Crippen LogP contribution < -0.4 is 4.74 Å². The van der Waals surface area contributed by atoms with Crippen molar-refractivity contribution >= 4 is 5.97 Å². The standard InChI is InChI=1S/C24H23FN2O3/c1-13-26-12-21(27(13)2)16-7-9-20(25)23-17(16)8-10-22(23)30-15-5-3-14(4-6-15)18-11-19(18)24(28)29/h3-7,9,12,18-19,22H,8,10-11H2,1-2H3,(H,28,29)/t18?,19?,22-/m1/s1. The molecule has 30 heavy (non-hydrogen) atoms. The lowest BCUT2D eigenvalue weighted by Crippen LogP contribution is -2.06. The smallest absolute Gasteiger partial charge is 0.307 e. The third-order valence-corrected chi connectivity index (χ3v) is 6.47. The number of aromatic nitrogens is 2. The third-order valence-electron chi connectivity index (χ3n) is 6.47. The van der Waals surface area contributed by atoms with Gasteiger partial charge in [-0.3, -0.25) is 4.79 Å². The molecule has 2 aromatic carbocycles. The number of hydrogen-bond acceptors (Lipinski definition) is 3. The predicted molar refractivity (Wildman–Crippen MR) is 110 cm³/mol. The largest absolute Gasteiger partial charge is 0.486 e. The van der Waals surface area contributed by atoms with Gasteiger partial charge in [0.25, 0.3) is 0 Å². The second kappa shape index (κ2) is 6.97. The zero-order valence-corrected chi connectivity index (χ0v) is 16.9. The van der Waals surface area contributed by atoms with Gasteiger partial charge in [0.2, 0.25) is 0 Å². The lowest BCUT2D eigenvalue weighted by Gasteiger charge is -2.17. The number of halogens is 1. The Bertz CT molecular complexity index is 1140. The summed E-state index contributed by atoms with van der Waals surface area (Å²) in [5.74, 6) is 0.416. The molecular weight excluding hydrogens is 383 g/mol. The molecule has 1 heterocycles. The Morgan fingerprint density at radius 1 is 1.23 bits per heavy atom. The maximum absolute atomic E-state index is 14.8. The van der Waals surface area contributed by atoms with E-state index in [2.05, 4.69) is 4.98 Å². The van der Waals surface area contributed by atoms with Crippen molar-refractivity contribution in [2.75, 3.05) is 0 Å². The van der Waals surface area contributed by atoms with E-state index < -0.39 is 5.97 Å². The van der Waals surface area contributed by atoms with Crippen molar-refractivity contribution in [3.63, 3.8) is 0 Å². The number of fused-ring (bicyclic) bond motifs is 1. The highest BCUT2D eigenvalue weighted by Gasteiger charge is 2.44. The molecule has 5 nitrogen and oxygen atoms in total. The zero-order chi connectivity index (χ0) is 21.0. The summed E-state index contributed by atoms with van der Waals surface area (Å²) in [5.41, 5.74) is 4.61. The summed E-state index contributed by atoms with van der Waals surface area (Å²) >= 11 is 0. The molecule has 3 aromatic rings. The van der Waals surface area contributed by atoms with Crippen molar-refractivity contribution in [2.45, 2.75) is 38.2 Å². The quantitative estimate of drug-likeness (QED) is 0.662. The number of carbonyl (C=O) groups is 1. The van der Waals surface area contributed by atoms with Crippen molar-refractivity contribution in [3.8, 4) is 17.0 Å². The molecule has 2 unspecified atom stereocenters. The van der Waals surface area contributed by atoms with Gasteiger partial charge in [-0.15, -0.1) is 0 Å². The first kappa shape index (κ1) is 18.9. The van der Waals surface area contributed by atoms with Crippen LogP contribution in [-0.2, 0) is 18.3 Å². The van der Waals surface area contributed by atoms with E-state index >= 15 is 0 Å². The van der Waals surface area contributed by atoms with E-state index in [9.17, 15) is 9.18 Å². The van der Waals surface area contributed by atoms with Gasteiger partial charge in [-0.25, -0.2) is 9.37 Å². The molecule has 3 atom stereocenters. The Kier molecular flexibility index (Phi) is 4.38. The number of aryl methyl sites for hydroxylation is 1. The fourth-order valence-electron chi connectivity index (χ4n) is 4.58. The van der Waals surface area contributed by atoms with Gasteiger partial charge in [-0.2, -0.15) is 0 Å². The van der Waals surface area contributed by atoms with Crippen LogP contribution in [-0.4, -0.2) is 20.6 Å². The van der Waals surface area contributed by atoms with Gasteiger partial charge in [0, 0.05) is 18.2 Å². The molecule has 1 fully saturated rings. The Morgan fingerprint density at radius 3 is 2.63 bits per heavy atom. The normalized spacial score (nSPS) is 22.0. The lowest BCUT2D eigenvalue weighted by atomic mass is 10.00. The Morgan fingerprint density at radius 2 is 2.00 bits per heavy atom. The summed E-state index contributed by atoms with van der Waals surface area (Å²) in [6.07, 6.45) is 3.64. The maximum Gasteiger partial charge on any atom is 0.307 e. The molecule has 0 spiro atoms. The Labute approximate surface area is 174 Å². The molecular formula is C24H23FN2O3. The SMILES string of the molecule is Cc1ncc(-c2ccc(F)c3c2CC[C@H]3Oc2ccc(C3CC3C(=O)O)cc2)n1C. The summed E-state index contributed by atoms with van der Waals surface area (Å²) in [6.45, 7) is 1.95. The number of benzene rings is 2. The van der Waals surface area contributed by atoms with E-state index in [-0.39, 0.29) is 23.8 Å². The van der Waals surface area contributed by atoms with Gasteiger partial charge in [-0.05, 0) is 67.5 Å². The monoisotopic (exact) mass is 406 g/mol. The maximum atomic E-state index is 14.8. The second-order valence-corrected chi connectivity index (χ2v) is 8.24. The number of nitrogens with zero attached hydrogens (tertiary/aromatic N) is 2. The van der Waals surface area contributed by atoms with Gasteiger partial charge in [0.1, 0.15) is 23.5 Å². The van der Waals surface area contributed by atoms with E-state index in [0.717, 1.165) is 34.6 Å². The van der Waals surface area contributed by atoms with E-state index in [0.29, 0.717) is 24.2 Å². The fourth-order valence-corrected chi connectivity index (χ4v) is 4.58. The van der Waals surface area contributed by atoms with Crippen molar-refractivity contribution in [1.82, 2.24) is 9.55 Å². The molecule has 0 amide bonds. The summed E-state index contributed by atoms with van der Waals surface area (Å²) in [6, 6.07) is 10.9. The van der Waals surface area contributed by atoms with Crippen molar-refractivity contribution in [3.05, 3.63) is 70.9 Å². The first-order valence-electron chi connectivity index (χ1n) is 10.2. The second-order valence-electron chi connectivity index (χ2n) is 8.24. The molecule has 0 aliphatic heterocycles. The van der Waals surface area contributed by atoms with Gasteiger partial charge in [-0.1, -0.05) is 12.1 Å². The minimum atomic E-state index is -0.738. The van der Waals surface area contributed by atoms with E-state index in [1.165, 1.54) is 6.07 Å². The highest BCUT2D eigenvalue weighted by molar-refractivity contribution is 5.75. The van der Waals surface area contributed by atoms with Crippen LogP contribution in [0.3, 0.4) is 0 Å². The molecule has 0 bridgehead atoms. The molecule has 0 radical (unpaired) electrons. The van der Waals surface area contributed by atoms with Gasteiger partial charge >= 0.3 is 5.97 Å². The minimum absolute atomic E-state index is 0.0890. The fraction of sp³-hybridized carbons (Fsp3) is 0.333. The lowest BCUT2D eigenvalue weighted by molar-refractivity contribution is -0.138. The first-order chi connectivity index (χ1) is 14.4. The number of carboxylic acid groups (broad SMARTS) is 1. The van der Waals surface area contributed by atoms with Crippen molar-refractivity contribution < 1.29 is 19.0 Å². The molecule has 6 heteroatoms. The molecule has 0 saturated heterocycles. The topological polar surface area (TPSA) is 64.3 Å². The highest BCUT2D eigenvalue weighted by Crippen LogP contribution is 2.48. The average Bonchev–Trinajstić information content (AvgIpc) is 3.34. The van der Waals surface area contributed by atoms with Crippen LogP contribution in [0.4, 0.5) is 4.39 Å². The van der Waals surface area contributed by atoms with E-state index in [1.54, 1.807) is 0 Å². The number of rotatable bonds is 5. The Hall–Kier alpha value is -3.15. The molecule has 2 aliphatic carbocycles. The summed E-state index contributed by atoms with van der Waals surface area (Å²) in [4.78, 5) is 15.4. The third kappa shape index (κ3) is 3.07. The van der Waals surface area contributed by atoms with Crippen LogP contribution in [0, 0.1) is 18.7 Å². The number of hydrogen-bond donors (Lipinski definition) is 1. The average molecular weight is 406 g/mol. The molecule has 1 N–H and O–H groups in total. The molecule has 1 saturated carbocycles. The summed E-state index contributed by atoms with van der Waals surface area (Å²) in [5, 5.41) is 9.11. The molecule has 5 rings (SSSR count). The zero-order valence-electron chi connectivity index (χ0n) is 16.9. The van der Waals surface area contributed by atoms with Crippen LogP contribution in [0.5, 0.6) is 5.75 Å². The number of carboxylic acids is 1. The van der Waals surface area contributed by atoms with Crippen molar-refractivity contribution in [2.24, 2.45) is 13.0 Å². The van der Waals surface area contributed by atoms with Gasteiger partial charge in [0.15, 0.2) is 0 Å². The minimum Gasteiger partial charge on any atom is -0.486 e. The van der Waals surface area contributed by atoms with Crippen LogP contribution in [0.1, 0.15) is 47.4 Å². The van der Waals surface area contributed by atoms with E-state index in [4.69, 9.17) is 9.84 Å².